The van der Waals surface area contributed by atoms with Gasteiger partial charge in [0.25, 0.3) is 0 Å². The van der Waals surface area contributed by atoms with Crippen molar-refractivity contribution in [1.29, 1.82) is 0 Å². The zero-order valence-electron chi connectivity index (χ0n) is 12.1. The smallest absolute Gasteiger partial charge is 0.119 e. The molecule has 0 heterocycles. The Morgan fingerprint density at radius 1 is 1.20 bits per heavy atom. The van der Waals surface area contributed by atoms with Crippen molar-refractivity contribution < 1.29 is 19.3 Å². The highest BCUT2D eigenvalue weighted by atomic mass is 16.5. The number of benzene rings is 1. The lowest BCUT2D eigenvalue weighted by Gasteiger charge is -2.22. The summed E-state index contributed by atoms with van der Waals surface area (Å²) in [4.78, 5) is 0. The molecule has 0 fully saturated rings. The monoisotopic (exact) mass is 280 g/mol. The van der Waals surface area contributed by atoms with Crippen LogP contribution in [0.3, 0.4) is 0 Å². The van der Waals surface area contributed by atoms with Gasteiger partial charge in [0.2, 0.25) is 0 Å². The van der Waals surface area contributed by atoms with Crippen molar-refractivity contribution >= 4 is 0 Å². The zero-order valence-corrected chi connectivity index (χ0v) is 12.1. The average Bonchev–Trinajstić information content (AvgIpc) is 2.47. The van der Waals surface area contributed by atoms with Gasteiger partial charge in [-0.25, -0.2) is 0 Å². The third-order valence-corrected chi connectivity index (χ3v) is 3.53. The summed E-state index contributed by atoms with van der Waals surface area (Å²) >= 11 is 0. The average molecular weight is 280 g/mol. The fourth-order valence-corrected chi connectivity index (χ4v) is 2.47. The Morgan fingerprint density at radius 3 is 2.95 bits per heavy atom. The van der Waals surface area contributed by atoms with Gasteiger partial charge in [0.15, 0.2) is 0 Å². The first-order valence-corrected chi connectivity index (χ1v) is 7.31. The van der Waals surface area contributed by atoms with Crippen LogP contribution in [0.15, 0.2) is 18.2 Å². The Hall–Kier alpha value is -1.10. The van der Waals surface area contributed by atoms with Gasteiger partial charge in [-0.2, -0.15) is 0 Å². The quantitative estimate of drug-likeness (QED) is 0.743. The number of aryl methyl sites for hydroxylation is 1. The third-order valence-electron chi connectivity index (χ3n) is 3.53. The maximum atomic E-state index is 9.99. The molecule has 0 spiro atoms. The fourth-order valence-electron chi connectivity index (χ4n) is 2.47. The van der Waals surface area contributed by atoms with Gasteiger partial charge in [-0.15, -0.1) is 0 Å². The second-order valence-corrected chi connectivity index (χ2v) is 5.08. The van der Waals surface area contributed by atoms with E-state index in [1.165, 1.54) is 5.56 Å². The van der Waals surface area contributed by atoms with E-state index in [1.54, 1.807) is 7.11 Å². The highest BCUT2D eigenvalue weighted by Crippen LogP contribution is 2.32. The molecule has 2 rings (SSSR count). The minimum absolute atomic E-state index is 0.340. The van der Waals surface area contributed by atoms with Crippen LogP contribution in [-0.2, 0) is 15.9 Å². The largest absolute Gasteiger partial charge is 0.491 e. The fraction of sp³-hybridized carbons (Fsp3) is 0.625. The van der Waals surface area contributed by atoms with Gasteiger partial charge in [0.1, 0.15) is 12.4 Å². The molecule has 0 aliphatic heterocycles. The molecule has 1 aliphatic carbocycles. The molecule has 4 nitrogen and oxygen atoms in total. The summed E-state index contributed by atoms with van der Waals surface area (Å²) in [7, 11) is 1.69. The SMILES string of the molecule is COCCCOCCOc1ccc2c(c1)C(O)CCC2. The second-order valence-electron chi connectivity index (χ2n) is 5.08. The number of aliphatic hydroxyl groups is 1. The summed E-state index contributed by atoms with van der Waals surface area (Å²) in [5, 5.41) is 9.99. The van der Waals surface area contributed by atoms with Crippen LogP contribution in [0, 0.1) is 0 Å². The zero-order chi connectivity index (χ0) is 14.2. The van der Waals surface area contributed by atoms with Crippen LogP contribution in [0.1, 0.15) is 36.5 Å². The molecule has 1 aromatic rings. The first-order chi connectivity index (χ1) is 9.81. The first kappa shape index (κ1) is 15.3. The van der Waals surface area contributed by atoms with Crippen LogP contribution in [0.2, 0.25) is 0 Å². The summed E-state index contributed by atoms with van der Waals surface area (Å²) in [6, 6.07) is 6.00. The Balaban J connectivity index is 1.72. The second kappa shape index (κ2) is 8.25. The lowest BCUT2D eigenvalue weighted by Crippen LogP contribution is -2.11. The summed E-state index contributed by atoms with van der Waals surface area (Å²) in [5.74, 6) is 0.810. The van der Waals surface area contributed by atoms with Gasteiger partial charge < -0.3 is 19.3 Å². The highest BCUT2D eigenvalue weighted by Gasteiger charge is 2.18. The number of fused-ring (bicyclic) bond motifs is 1. The Labute approximate surface area is 120 Å². The molecule has 4 heteroatoms. The summed E-state index contributed by atoms with van der Waals surface area (Å²) in [6.45, 7) is 2.52. The van der Waals surface area contributed by atoms with Crippen LogP contribution in [0.25, 0.3) is 0 Å². The van der Waals surface area contributed by atoms with Crippen LogP contribution in [0.5, 0.6) is 5.75 Å². The number of hydrogen-bond donors (Lipinski definition) is 1. The van der Waals surface area contributed by atoms with E-state index < -0.39 is 0 Å². The van der Waals surface area contributed by atoms with E-state index in [-0.39, 0.29) is 6.10 Å². The predicted octanol–water partition coefficient (Wildman–Crippen LogP) is 2.49. The molecule has 112 valence electrons. The molecule has 0 amide bonds. The maximum absolute atomic E-state index is 9.99. The molecule has 1 N–H and O–H groups in total. The van der Waals surface area contributed by atoms with Crippen molar-refractivity contribution in [1.82, 2.24) is 0 Å². The standard InChI is InChI=1S/C16H24O4/c1-18-8-3-9-19-10-11-20-14-7-6-13-4-2-5-16(17)15(13)12-14/h6-7,12,16-17H,2-5,8-11H2,1H3. The topological polar surface area (TPSA) is 47.9 Å². The van der Waals surface area contributed by atoms with Gasteiger partial charge >= 0.3 is 0 Å². The van der Waals surface area contributed by atoms with E-state index in [0.717, 1.165) is 43.6 Å². The van der Waals surface area contributed by atoms with Crippen molar-refractivity contribution in [2.24, 2.45) is 0 Å². The van der Waals surface area contributed by atoms with Crippen LogP contribution in [0.4, 0.5) is 0 Å². The van der Waals surface area contributed by atoms with E-state index >= 15 is 0 Å². The Kier molecular flexibility index (Phi) is 6.30. The van der Waals surface area contributed by atoms with E-state index in [0.29, 0.717) is 19.8 Å². The lowest BCUT2D eigenvalue weighted by atomic mass is 9.89. The first-order valence-electron chi connectivity index (χ1n) is 7.31. The summed E-state index contributed by atoms with van der Waals surface area (Å²) in [5.41, 5.74) is 2.27. The minimum Gasteiger partial charge on any atom is -0.491 e. The van der Waals surface area contributed by atoms with Crippen LogP contribution < -0.4 is 4.74 Å². The lowest BCUT2D eigenvalue weighted by molar-refractivity contribution is 0.0805. The molecule has 20 heavy (non-hydrogen) atoms. The van der Waals surface area contributed by atoms with Gasteiger partial charge in [-0.1, -0.05) is 6.07 Å². The van der Waals surface area contributed by atoms with Crippen LogP contribution in [-0.4, -0.2) is 38.6 Å². The molecular weight excluding hydrogens is 256 g/mol. The normalized spacial score (nSPS) is 17.8. The van der Waals surface area contributed by atoms with Crippen LogP contribution >= 0.6 is 0 Å². The number of aliphatic hydroxyl groups excluding tert-OH is 1. The van der Waals surface area contributed by atoms with Gasteiger partial charge in [-0.05, 0) is 48.9 Å². The Bertz CT molecular complexity index is 405. The molecule has 1 unspecified atom stereocenters. The summed E-state index contributed by atoms with van der Waals surface area (Å²) in [6.07, 6.45) is 3.52. The van der Waals surface area contributed by atoms with Crippen molar-refractivity contribution in [2.75, 3.05) is 33.5 Å². The van der Waals surface area contributed by atoms with Gasteiger partial charge in [-0.3, -0.25) is 0 Å². The molecule has 1 aromatic carbocycles. The molecule has 0 aromatic heterocycles. The van der Waals surface area contributed by atoms with Gasteiger partial charge in [0, 0.05) is 20.3 Å². The molecule has 0 radical (unpaired) electrons. The molecule has 0 saturated heterocycles. The number of rotatable bonds is 8. The highest BCUT2D eigenvalue weighted by molar-refractivity contribution is 5.38. The molecular formula is C16H24O4. The van der Waals surface area contributed by atoms with Crippen molar-refractivity contribution in [3.05, 3.63) is 29.3 Å². The third kappa shape index (κ3) is 4.47. The van der Waals surface area contributed by atoms with Crippen molar-refractivity contribution in [3.63, 3.8) is 0 Å². The van der Waals surface area contributed by atoms with E-state index in [9.17, 15) is 5.11 Å². The van der Waals surface area contributed by atoms with E-state index in [2.05, 4.69) is 6.07 Å². The molecule has 1 atom stereocenters. The number of hydrogen-bond acceptors (Lipinski definition) is 4. The molecule has 0 bridgehead atoms. The predicted molar refractivity (Wildman–Crippen MR) is 77.1 cm³/mol. The summed E-state index contributed by atoms with van der Waals surface area (Å²) < 4.78 is 16.0. The van der Waals surface area contributed by atoms with Crippen molar-refractivity contribution in [2.45, 2.75) is 31.8 Å². The maximum Gasteiger partial charge on any atom is 0.119 e. The minimum atomic E-state index is -0.340. The van der Waals surface area contributed by atoms with Crippen molar-refractivity contribution in [3.8, 4) is 5.75 Å². The van der Waals surface area contributed by atoms with E-state index in [1.807, 2.05) is 12.1 Å². The number of ether oxygens (including phenoxy) is 3. The van der Waals surface area contributed by atoms with Gasteiger partial charge in [0.05, 0.1) is 12.7 Å². The van der Waals surface area contributed by atoms with E-state index in [4.69, 9.17) is 14.2 Å². The number of methoxy groups -OCH3 is 1. The molecule has 0 saturated carbocycles. The molecule has 1 aliphatic rings. The Morgan fingerprint density at radius 2 is 2.10 bits per heavy atom.